The number of likely N-dealkylation sites (N-methyl/N-ethyl adjacent to an activating group) is 1. The van der Waals surface area contributed by atoms with Gasteiger partial charge in [-0.05, 0) is 38.1 Å². The molecular formula is C15H20BrClN2O2. The molecule has 4 nitrogen and oxygen atoms in total. The van der Waals surface area contributed by atoms with Gasteiger partial charge >= 0.3 is 0 Å². The molecule has 1 aliphatic rings. The molecule has 1 aliphatic carbocycles. The third-order valence-corrected chi connectivity index (χ3v) is 4.52. The largest absolute Gasteiger partial charge is 0.389 e. The third kappa shape index (κ3) is 4.95. The van der Waals surface area contributed by atoms with Gasteiger partial charge < -0.3 is 10.4 Å². The van der Waals surface area contributed by atoms with Gasteiger partial charge in [0.05, 0.1) is 22.9 Å². The molecule has 0 unspecified atom stereocenters. The van der Waals surface area contributed by atoms with Crippen molar-refractivity contribution < 1.29 is 9.90 Å². The van der Waals surface area contributed by atoms with Crippen LogP contribution in [-0.4, -0.2) is 41.7 Å². The van der Waals surface area contributed by atoms with E-state index in [0.717, 1.165) is 30.2 Å². The van der Waals surface area contributed by atoms with Crippen LogP contribution in [0, 0.1) is 0 Å². The SMILES string of the molecule is CN(CC(=O)Nc1ccc(Br)cc1Cl)CC1(O)CCCC1. The summed E-state index contributed by atoms with van der Waals surface area (Å²) in [5.41, 5.74) is -0.0394. The molecule has 0 saturated heterocycles. The molecule has 1 amide bonds. The predicted molar refractivity (Wildman–Crippen MR) is 88.7 cm³/mol. The number of hydrogen-bond acceptors (Lipinski definition) is 3. The lowest BCUT2D eigenvalue weighted by atomic mass is 10.0. The van der Waals surface area contributed by atoms with E-state index in [-0.39, 0.29) is 12.5 Å². The zero-order chi connectivity index (χ0) is 15.5. The molecule has 1 aromatic carbocycles. The molecule has 0 atom stereocenters. The highest BCUT2D eigenvalue weighted by Gasteiger charge is 2.32. The van der Waals surface area contributed by atoms with E-state index >= 15 is 0 Å². The van der Waals surface area contributed by atoms with Crippen LogP contribution in [0.3, 0.4) is 0 Å². The number of rotatable bonds is 5. The summed E-state index contributed by atoms with van der Waals surface area (Å²) in [5, 5.41) is 13.6. The standard InChI is InChI=1S/C15H20BrClN2O2/c1-19(10-15(21)6-2-3-7-15)9-14(20)18-13-5-4-11(16)8-12(13)17/h4-5,8,21H,2-3,6-7,9-10H2,1H3,(H,18,20). The number of aliphatic hydroxyl groups is 1. The van der Waals surface area contributed by atoms with Gasteiger partial charge in [-0.25, -0.2) is 0 Å². The molecule has 21 heavy (non-hydrogen) atoms. The Kier molecular flexibility index (Phi) is 5.66. The first kappa shape index (κ1) is 16.7. The number of halogens is 2. The molecule has 116 valence electrons. The number of nitrogens with zero attached hydrogens (tertiary/aromatic N) is 1. The van der Waals surface area contributed by atoms with Crippen molar-refractivity contribution in [1.82, 2.24) is 4.90 Å². The van der Waals surface area contributed by atoms with Crippen LogP contribution in [0.2, 0.25) is 5.02 Å². The highest BCUT2D eigenvalue weighted by Crippen LogP contribution is 2.30. The van der Waals surface area contributed by atoms with E-state index in [1.165, 1.54) is 0 Å². The molecule has 1 fully saturated rings. The zero-order valence-corrected chi connectivity index (χ0v) is 14.4. The van der Waals surface area contributed by atoms with Crippen LogP contribution in [0.25, 0.3) is 0 Å². The molecule has 0 bridgehead atoms. The van der Waals surface area contributed by atoms with Crippen molar-refractivity contribution in [3.63, 3.8) is 0 Å². The Labute approximate surface area is 138 Å². The number of amides is 1. The Hall–Kier alpha value is -0.620. The fraction of sp³-hybridized carbons (Fsp3) is 0.533. The second kappa shape index (κ2) is 7.09. The molecule has 0 aliphatic heterocycles. The van der Waals surface area contributed by atoms with E-state index < -0.39 is 5.60 Å². The Morgan fingerprint density at radius 2 is 2.14 bits per heavy atom. The number of carbonyl (C=O) groups excluding carboxylic acids is 1. The lowest BCUT2D eigenvalue weighted by molar-refractivity contribution is -0.117. The summed E-state index contributed by atoms with van der Waals surface area (Å²) in [6, 6.07) is 5.32. The summed E-state index contributed by atoms with van der Waals surface area (Å²) in [6.45, 7) is 0.753. The van der Waals surface area contributed by atoms with Gasteiger partial charge in [0.25, 0.3) is 0 Å². The van der Waals surface area contributed by atoms with E-state index in [1.54, 1.807) is 12.1 Å². The summed E-state index contributed by atoms with van der Waals surface area (Å²) in [5.74, 6) is -0.136. The average molecular weight is 376 g/mol. The first-order valence-corrected chi connectivity index (χ1v) is 8.21. The lowest BCUT2D eigenvalue weighted by Gasteiger charge is -2.28. The van der Waals surface area contributed by atoms with Gasteiger partial charge in [0.1, 0.15) is 0 Å². The maximum atomic E-state index is 12.0. The molecular weight excluding hydrogens is 356 g/mol. The van der Waals surface area contributed by atoms with E-state index in [4.69, 9.17) is 11.6 Å². The van der Waals surface area contributed by atoms with Gasteiger partial charge in [-0.1, -0.05) is 40.4 Å². The van der Waals surface area contributed by atoms with Crippen molar-refractivity contribution in [2.24, 2.45) is 0 Å². The van der Waals surface area contributed by atoms with Gasteiger partial charge in [-0.2, -0.15) is 0 Å². The molecule has 1 aromatic rings. The van der Waals surface area contributed by atoms with Crippen LogP contribution in [0.4, 0.5) is 5.69 Å². The Balaban J connectivity index is 1.86. The fourth-order valence-electron chi connectivity index (χ4n) is 2.78. The van der Waals surface area contributed by atoms with Gasteiger partial charge in [0.15, 0.2) is 0 Å². The van der Waals surface area contributed by atoms with E-state index in [9.17, 15) is 9.90 Å². The van der Waals surface area contributed by atoms with Gasteiger partial charge in [0, 0.05) is 11.0 Å². The third-order valence-electron chi connectivity index (χ3n) is 3.72. The number of hydrogen-bond donors (Lipinski definition) is 2. The molecule has 6 heteroatoms. The van der Waals surface area contributed by atoms with E-state index in [1.807, 2.05) is 18.0 Å². The van der Waals surface area contributed by atoms with Gasteiger partial charge in [-0.3, -0.25) is 9.69 Å². The summed E-state index contributed by atoms with van der Waals surface area (Å²) in [7, 11) is 1.85. The molecule has 0 heterocycles. The number of benzene rings is 1. The minimum absolute atomic E-state index is 0.136. The normalized spacial score (nSPS) is 17.2. The average Bonchev–Trinajstić information content (AvgIpc) is 2.78. The van der Waals surface area contributed by atoms with E-state index in [2.05, 4.69) is 21.2 Å². The van der Waals surface area contributed by atoms with Crippen molar-refractivity contribution in [3.05, 3.63) is 27.7 Å². The molecule has 2 N–H and O–H groups in total. The number of anilines is 1. The predicted octanol–water partition coefficient (Wildman–Crippen LogP) is 3.28. The number of carbonyl (C=O) groups is 1. The smallest absolute Gasteiger partial charge is 0.238 e. The van der Waals surface area contributed by atoms with Gasteiger partial charge in [0.2, 0.25) is 5.91 Å². The van der Waals surface area contributed by atoms with Crippen molar-refractivity contribution in [1.29, 1.82) is 0 Å². The summed E-state index contributed by atoms with van der Waals surface area (Å²) in [6.07, 6.45) is 3.76. The zero-order valence-electron chi connectivity index (χ0n) is 12.0. The van der Waals surface area contributed by atoms with Crippen LogP contribution in [0.15, 0.2) is 22.7 Å². The summed E-state index contributed by atoms with van der Waals surface area (Å²) in [4.78, 5) is 13.9. The van der Waals surface area contributed by atoms with Crippen molar-refractivity contribution in [2.45, 2.75) is 31.3 Å². The minimum Gasteiger partial charge on any atom is -0.389 e. The fourth-order valence-corrected chi connectivity index (χ4v) is 3.50. The van der Waals surface area contributed by atoms with Crippen LogP contribution in [-0.2, 0) is 4.79 Å². The maximum Gasteiger partial charge on any atom is 0.238 e. The molecule has 0 radical (unpaired) electrons. The van der Waals surface area contributed by atoms with Crippen molar-refractivity contribution in [3.8, 4) is 0 Å². The molecule has 1 saturated carbocycles. The second-order valence-corrected chi connectivity index (χ2v) is 7.10. The lowest BCUT2D eigenvalue weighted by Crippen LogP contribution is -2.42. The minimum atomic E-state index is -0.635. The quantitative estimate of drug-likeness (QED) is 0.830. The topological polar surface area (TPSA) is 52.6 Å². The molecule has 2 rings (SSSR count). The second-order valence-electron chi connectivity index (χ2n) is 5.78. The van der Waals surface area contributed by atoms with Crippen LogP contribution in [0.5, 0.6) is 0 Å². The highest BCUT2D eigenvalue weighted by atomic mass is 79.9. The summed E-state index contributed by atoms with van der Waals surface area (Å²) < 4.78 is 0.867. The highest BCUT2D eigenvalue weighted by molar-refractivity contribution is 9.10. The Morgan fingerprint density at radius 1 is 1.48 bits per heavy atom. The Morgan fingerprint density at radius 3 is 2.76 bits per heavy atom. The van der Waals surface area contributed by atoms with E-state index in [0.29, 0.717) is 17.3 Å². The van der Waals surface area contributed by atoms with Crippen molar-refractivity contribution >= 4 is 39.1 Å². The molecule has 0 aromatic heterocycles. The van der Waals surface area contributed by atoms with Crippen LogP contribution < -0.4 is 5.32 Å². The maximum absolute atomic E-state index is 12.0. The van der Waals surface area contributed by atoms with Crippen LogP contribution >= 0.6 is 27.5 Å². The van der Waals surface area contributed by atoms with Gasteiger partial charge in [-0.15, -0.1) is 0 Å². The van der Waals surface area contributed by atoms with Crippen molar-refractivity contribution in [2.75, 3.05) is 25.5 Å². The number of nitrogens with one attached hydrogen (secondary N) is 1. The Bertz CT molecular complexity index is 518. The monoisotopic (exact) mass is 374 g/mol. The molecule has 0 spiro atoms. The van der Waals surface area contributed by atoms with Crippen LogP contribution in [0.1, 0.15) is 25.7 Å². The summed E-state index contributed by atoms with van der Waals surface area (Å²) >= 11 is 9.40. The first-order chi connectivity index (χ1) is 9.88. The first-order valence-electron chi connectivity index (χ1n) is 7.04.